The van der Waals surface area contributed by atoms with Crippen LogP contribution in [-0.4, -0.2) is 28.8 Å². The molecule has 0 saturated carbocycles. The summed E-state index contributed by atoms with van der Waals surface area (Å²) in [6.07, 6.45) is -6.26. The second kappa shape index (κ2) is 7.06. The third-order valence-electron chi connectivity index (χ3n) is 2.79. The van der Waals surface area contributed by atoms with Gasteiger partial charge in [0, 0.05) is 6.42 Å². The molecule has 0 aliphatic carbocycles. The average molecular weight is 351 g/mol. The predicted octanol–water partition coefficient (Wildman–Crippen LogP) is 3.36. The first-order valence-electron chi connectivity index (χ1n) is 6.87. The number of rotatable bonds is 4. The van der Waals surface area contributed by atoms with Gasteiger partial charge in [-0.15, -0.1) is 0 Å². The topological polar surface area (TPSA) is 75.6 Å². The first kappa shape index (κ1) is 19.7. The molecule has 0 unspecified atom stereocenters. The Balaban J connectivity index is 2.90. The summed E-state index contributed by atoms with van der Waals surface area (Å²) in [7, 11) is 0. The van der Waals surface area contributed by atoms with Crippen molar-refractivity contribution in [2.24, 2.45) is 0 Å². The Morgan fingerprint density at radius 1 is 1.25 bits per heavy atom. The average Bonchev–Trinajstić information content (AvgIpc) is 2.36. The first-order chi connectivity index (χ1) is 10.8. The molecule has 0 bridgehead atoms. The summed E-state index contributed by atoms with van der Waals surface area (Å²) in [6, 6.07) is 0.211. The van der Waals surface area contributed by atoms with E-state index in [0.29, 0.717) is 6.07 Å². The second-order valence-electron chi connectivity index (χ2n) is 6.05. The third-order valence-corrected chi connectivity index (χ3v) is 2.79. The SMILES string of the molecule is CC(C)(C)OC(=O)N[C@@H](Cc1ccc(C(F)(F)F)cc1F)C(=O)O. The number of hydrogen-bond donors (Lipinski definition) is 2. The minimum atomic E-state index is -4.71. The maximum Gasteiger partial charge on any atom is 0.416 e. The van der Waals surface area contributed by atoms with Gasteiger partial charge < -0.3 is 15.2 Å². The van der Waals surface area contributed by atoms with Crippen LogP contribution < -0.4 is 5.32 Å². The fraction of sp³-hybridized carbons (Fsp3) is 0.467. The lowest BCUT2D eigenvalue weighted by Crippen LogP contribution is -2.44. The molecule has 0 saturated heterocycles. The summed E-state index contributed by atoms with van der Waals surface area (Å²) in [5.41, 5.74) is -2.32. The highest BCUT2D eigenvalue weighted by molar-refractivity contribution is 5.80. The Bertz CT molecular complexity index is 623. The standard InChI is InChI=1S/C15H17F4NO4/c1-14(2,3)24-13(23)20-11(12(21)22)6-8-4-5-9(7-10(8)16)15(17,18)19/h4-5,7,11H,6H2,1-3H3,(H,20,23)(H,21,22)/t11-/m0/s1. The zero-order valence-electron chi connectivity index (χ0n) is 13.2. The van der Waals surface area contributed by atoms with Crippen molar-refractivity contribution in [2.75, 3.05) is 0 Å². The lowest BCUT2D eigenvalue weighted by Gasteiger charge is -2.22. The highest BCUT2D eigenvalue weighted by Gasteiger charge is 2.32. The van der Waals surface area contributed by atoms with E-state index in [9.17, 15) is 27.2 Å². The largest absolute Gasteiger partial charge is 0.480 e. The van der Waals surface area contributed by atoms with Gasteiger partial charge in [0.1, 0.15) is 17.5 Å². The van der Waals surface area contributed by atoms with Crippen molar-refractivity contribution < 1.29 is 37.0 Å². The maximum absolute atomic E-state index is 13.8. The van der Waals surface area contributed by atoms with Gasteiger partial charge in [0.2, 0.25) is 0 Å². The zero-order chi connectivity index (χ0) is 18.7. The van der Waals surface area contributed by atoms with Crippen LogP contribution in [0.3, 0.4) is 0 Å². The number of carboxylic acid groups (broad SMARTS) is 1. The highest BCUT2D eigenvalue weighted by Crippen LogP contribution is 2.30. The van der Waals surface area contributed by atoms with Gasteiger partial charge in [-0.25, -0.2) is 14.0 Å². The lowest BCUT2D eigenvalue weighted by molar-refractivity contribution is -0.140. The summed E-state index contributed by atoms with van der Waals surface area (Å²) in [5.74, 6) is -2.68. The van der Waals surface area contributed by atoms with Crippen LogP contribution >= 0.6 is 0 Å². The van der Waals surface area contributed by atoms with Crippen molar-refractivity contribution in [1.29, 1.82) is 0 Å². The number of ether oxygens (including phenoxy) is 1. The van der Waals surface area contributed by atoms with Crippen LogP contribution in [0.1, 0.15) is 31.9 Å². The van der Waals surface area contributed by atoms with E-state index in [4.69, 9.17) is 9.84 Å². The Hall–Kier alpha value is -2.32. The van der Waals surface area contributed by atoms with Crippen LogP contribution in [0.2, 0.25) is 0 Å². The summed E-state index contributed by atoms with van der Waals surface area (Å²) in [6.45, 7) is 4.70. The number of amides is 1. The van der Waals surface area contributed by atoms with E-state index in [1.807, 2.05) is 5.32 Å². The molecule has 134 valence electrons. The summed E-state index contributed by atoms with van der Waals surface area (Å²) in [5, 5.41) is 11.1. The van der Waals surface area contributed by atoms with E-state index < -0.39 is 47.7 Å². The molecule has 0 spiro atoms. The number of nitrogens with one attached hydrogen (secondary N) is 1. The Morgan fingerprint density at radius 2 is 1.83 bits per heavy atom. The lowest BCUT2D eigenvalue weighted by atomic mass is 10.0. The molecule has 0 aromatic heterocycles. The van der Waals surface area contributed by atoms with E-state index in [1.54, 1.807) is 20.8 Å². The van der Waals surface area contributed by atoms with Crippen molar-refractivity contribution in [3.63, 3.8) is 0 Å². The van der Waals surface area contributed by atoms with Gasteiger partial charge in [-0.3, -0.25) is 0 Å². The molecule has 1 aromatic rings. The van der Waals surface area contributed by atoms with Crippen molar-refractivity contribution in [2.45, 2.75) is 45.0 Å². The fourth-order valence-corrected chi connectivity index (χ4v) is 1.76. The molecule has 2 N–H and O–H groups in total. The van der Waals surface area contributed by atoms with E-state index in [0.717, 1.165) is 6.07 Å². The molecule has 0 fully saturated rings. The van der Waals surface area contributed by atoms with Crippen LogP contribution in [-0.2, 0) is 22.1 Å². The third kappa shape index (κ3) is 6.05. The molecule has 0 aliphatic heterocycles. The number of carboxylic acids is 1. The molecular weight excluding hydrogens is 334 g/mol. The number of carbonyl (C=O) groups is 2. The molecule has 0 aliphatic rings. The van der Waals surface area contributed by atoms with Gasteiger partial charge >= 0.3 is 18.2 Å². The van der Waals surface area contributed by atoms with Gasteiger partial charge in [0.25, 0.3) is 0 Å². The maximum atomic E-state index is 13.8. The molecule has 5 nitrogen and oxygen atoms in total. The Labute approximate surface area is 135 Å². The normalized spacial score (nSPS) is 13.3. The number of benzene rings is 1. The molecule has 0 radical (unpaired) electrons. The second-order valence-corrected chi connectivity index (χ2v) is 6.05. The Kier molecular flexibility index (Phi) is 5.80. The number of carbonyl (C=O) groups excluding carboxylic acids is 1. The first-order valence-corrected chi connectivity index (χ1v) is 6.87. The molecule has 1 rings (SSSR count). The number of aliphatic carboxylic acids is 1. The quantitative estimate of drug-likeness (QED) is 0.816. The number of alkyl halides is 3. The van der Waals surface area contributed by atoms with Crippen molar-refractivity contribution in [3.05, 3.63) is 35.1 Å². The van der Waals surface area contributed by atoms with Crippen molar-refractivity contribution >= 4 is 12.1 Å². The van der Waals surface area contributed by atoms with Gasteiger partial charge in [-0.1, -0.05) is 6.07 Å². The molecule has 24 heavy (non-hydrogen) atoms. The Morgan fingerprint density at radius 3 is 2.25 bits per heavy atom. The van der Waals surface area contributed by atoms with E-state index >= 15 is 0 Å². The predicted molar refractivity (Wildman–Crippen MR) is 75.9 cm³/mol. The molecular formula is C15H17F4NO4. The van der Waals surface area contributed by atoms with E-state index in [1.165, 1.54) is 0 Å². The van der Waals surface area contributed by atoms with Crippen molar-refractivity contribution in [3.8, 4) is 0 Å². The molecule has 9 heteroatoms. The van der Waals surface area contributed by atoms with Crippen LogP contribution in [0.4, 0.5) is 22.4 Å². The zero-order valence-corrected chi connectivity index (χ0v) is 13.2. The number of halogens is 4. The molecule has 1 aromatic carbocycles. The molecule has 1 amide bonds. The number of hydrogen-bond acceptors (Lipinski definition) is 3. The van der Waals surface area contributed by atoms with Gasteiger partial charge in [-0.2, -0.15) is 13.2 Å². The summed E-state index contributed by atoms with van der Waals surface area (Å²) >= 11 is 0. The summed E-state index contributed by atoms with van der Waals surface area (Å²) in [4.78, 5) is 22.8. The van der Waals surface area contributed by atoms with E-state index in [-0.39, 0.29) is 11.6 Å². The monoisotopic (exact) mass is 351 g/mol. The minimum Gasteiger partial charge on any atom is -0.480 e. The van der Waals surface area contributed by atoms with Gasteiger partial charge in [0.05, 0.1) is 5.56 Å². The highest BCUT2D eigenvalue weighted by atomic mass is 19.4. The minimum absolute atomic E-state index is 0.272. The smallest absolute Gasteiger partial charge is 0.416 e. The molecule has 0 heterocycles. The van der Waals surface area contributed by atoms with Gasteiger partial charge in [0.15, 0.2) is 0 Å². The van der Waals surface area contributed by atoms with Crippen LogP contribution in [0.15, 0.2) is 18.2 Å². The van der Waals surface area contributed by atoms with Gasteiger partial charge in [-0.05, 0) is 38.5 Å². The van der Waals surface area contributed by atoms with Crippen LogP contribution in [0.5, 0.6) is 0 Å². The molecule has 1 atom stereocenters. The summed E-state index contributed by atoms with van der Waals surface area (Å²) < 4.78 is 56.1. The number of alkyl carbamates (subject to hydrolysis) is 1. The van der Waals surface area contributed by atoms with Crippen LogP contribution in [0, 0.1) is 5.82 Å². The van der Waals surface area contributed by atoms with Crippen LogP contribution in [0.25, 0.3) is 0 Å². The van der Waals surface area contributed by atoms with E-state index in [2.05, 4.69) is 0 Å². The van der Waals surface area contributed by atoms with Crippen molar-refractivity contribution in [1.82, 2.24) is 5.32 Å². The fourth-order valence-electron chi connectivity index (χ4n) is 1.76.